The van der Waals surface area contributed by atoms with Crippen LogP contribution in [0.5, 0.6) is 11.5 Å². The summed E-state index contributed by atoms with van der Waals surface area (Å²) in [6, 6.07) is 9.65. The Kier molecular flexibility index (Phi) is 44.8. The topological polar surface area (TPSA) is 40.5 Å². The average molecular weight is 1180 g/mol. The summed E-state index contributed by atoms with van der Waals surface area (Å²) in [4.78, 5) is 0. The fraction of sp³-hybridized carbons (Fsp3) is 0.824. The minimum absolute atomic E-state index is 0. The van der Waals surface area contributed by atoms with Crippen molar-refractivity contribution in [2.24, 2.45) is 0 Å². The Morgan fingerprint density at radius 2 is 0.469 bits per heavy atom. The third-order valence-electron chi connectivity index (χ3n) is 19.8. The van der Waals surface area contributed by atoms with Crippen molar-refractivity contribution in [1.29, 1.82) is 0 Å². The van der Waals surface area contributed by atoms with E-state index in [-0.39, 0.29) is 24.2 Å². The third kappa shape index (κ3) is 28.6. The zero-order valence-electron chi connectivity index (χ0n) is 57.3. The molecule has 81 heavy (non-hydrogen) atoms. The Labute approximate surface area is 518 Å². The van der Waals surface area contributed by atoms with Crippen molar-refractivity contribution in [2.45, 2.75) is 295 Å². The molecule has 2 rings (SSSR count). The van der Waals surface area contributed by atoms with Gasteiger partial charge in [0.05, 0.1) is 105 Å². The van der Waals surface area contributed by atoms with Crippen molar-refractivity contribution in [2.75, 3.05) is 105 Å². The Balaban J connectivity index is 0.0000320. The maximum absolute atomic E-state index is 12.3. The minimum atomic E-state index is 0. The van der Waals surface area contributed by atoms with E-state index in [2.05, 4.69) is 121 Å². The summed E-state index contributed by atoms with van der Waals surface area (Å²) in [5, 5.41) is 24.6. The van der Waals surface area contributed by atoms with Gasteiger partial charge < -0.3 is 35.6 Å². The van der Waals surface area contributed by atoms with Gasteiger partial charge >= 0.3 is 0 Å². The molecule has 0 bridgehead atoms. The van der Waals surface area contributed by atoms with Crippen LogP contribution in [0.1, 0.15) is 308 Å². The van der Waals surface area contributed by atoms with E-state index in [0.29, 0.717) is 29.8 Å². The summed E-state index contributed by atoms with van der Waals surface area (Å²) in [5.74, 6) is 1.70. The van der Waals surface area contributed by atoms with Crippen molar-refractivity contribution in [3.05, 3.63) is 65.1 Å². The standard InChI is InChI=1S/C73H138N4O2.CH3.Co/c1-15-27-43-74(44-28-16-2,45-29-17-3)55-39-66(40-56-75(46-30-18-4,47-31-19-5)48-32-20-6)68-59-64(13)72(78)70(61-68)63-71-62-69(60-65(14)73(71)79)67(41-57-76(49-33-21-7,50-34-22-8)51-35-23-9)42-58-77(52-36-24-10,53-37-25-11)54-38-26-12;;/h59-62,66-67H,15-58,63H2,1-14H3;1H3;/q+2;-1;/p+2. The van der Waals surface area contributed by atoms with E-state index in [1.54, 1.807) is 0 Å². The Hall–Kier alpha value is -1.61. The molecule has 1 radical (unpaired) electrons. The van der Waals surface area contributed by atoms with Crippen LogP contribution in [0.3, 0.4) is 0 Å². The number of phenolic OH excluding ortho intramolecular Hbond substituents is 2. The van der Waals surface area contributed by atoms with E-state index in [9.17, 15) is 10.2 Å². The molecule has 6 nitrogen and oxygen atoms in total. The van der Waals surface area contributed by atoms with Crippen LogP contribution in [0.4, 0.5) is 0 Å². The second-order valence-electron chi connectivity index (χ2n) is 26.6. The Morgan fingerprint density at radius 1 is 0.296 bits per heavy atom. The fourth-order valence-electron chi connectivity index (χ4n) is 14.0. The number of aryl methyl sites for hydroxylation is 2. The van der Waals surface area contributed by atoms with Crippen molar-refractivity contribution in [3.63, 3.8) is 0 Å². The molecule has 477 valence electrons. The summed E-state index contributed by atoms with van der Waals surface area (Å²) >= 11 is 0. The predicted octanol–water partition coefficient (Wildman–Crippen LogP) is 20.3. The number of benzene rings is 2. The number of hydrogen-bond donors (Lipinski definition) is 2. The molecule has 0 fully saturated rings. The van der Waals surface area contributed by atoms with Gasteiger partial charge in [0.15, 0.2) is 0 Å². The third-order valence-corrected chi connectivity index (χ3v) is 19.8. The number of aromatic hydroxyl groups is 2. The monoisotopic (exact) mass is 1180 g/mol. The number of quaternary nitrogens is 4. The maximum atomic E-state index is 12.3. The largest absolute Gasteiger partial charge is 0.507 e. The first-order chi connectivity index (χ1) is 38.2. The number of rotatable bonds is 52. The zero-order chi connectivity index (χ0) is 58.4. The predicted molar refractivity (Wildman–Crippen MR) is 357 cm³/mol. The van der Waals surface area contributed by atoms with Gasteiger partial charge in [-0.25, -0.2) is 0 Å². The molecule has 2 N–H and O–H groups in total. The number of unbranched alkanes of at least 4 members (excludes halogenated alkanes) is 12. The first-order valence-electron chi connectivity index (χ1n) is 35.2. The molecule has 0 aliphatic heterocycles. The quantitative estimate of drug-likeness (QED) is 0.0512. The van der Waals surface area contributed by atoms with Gasteiger partial charge in [-0.05, 0) is 136 Å². The van der Waals surface area contributed by atoms with Crippen LogP contribution in [-0.4, -0.2) is 133 Å². The van der Waals surface area contributed by atoms with Crippen LogP contribution in [0.25, 0.3) is 0 Å². The summed E-state index contributed by atoms with van der Waals surface area (Å²) in [7, 11) is 0. The van der Waals surface area contributed by atoms with Crippen LogP contribution in [0.15, 0.2) is 24.3 Å². The normalized spacial score (nSPS) is 12.4. The van der Waals surface area contributed by atoms with Crippen LogP contribution in [0, 0.1) is 21.3 Å². The van der Waals surface area contributed by atoms with Crippen LogP contribution in [-0.2, 0) is 23.2 Å². The van der Waals surface area contributed by atoms with Gasteiger partial charge in [0.25, 0.3) is 0 Å². The molecule has 0 unspecified atom stereocenters. The summed E-state index contributed by atoms with van der Waals surface area (Å²) in [5.41, 5.74) is 6.84. The van der Waals surface area contributed by atoms with E-state index in [1.807, 2.05) is 0 Å². The Morgan fingerprint density at radius 3 is 0.630 bits per heavy atom. The molecule has 0 atom stereocenters. The SMILES string of the molecule is CCCC[N+](CCCC)(CCCC)CCC(CC[N+](CCCC)(CCCC)CCCC)c1cc(C)c(O)c(Cc2cc(C(CC[N+](CCCC)(CCCC)CCCC)CC[N+](CCCC)(CCCC)CCCC)cc(C)c2O)c1.[CH3-].[Co]. The van der Waals surface area contributed by atoms with Gasteiger partial charge in [0.2, 0.25) is 0 Å². The van der Waals surface area contributed by atoms with Gasteiger partial charge in [-0.1, -0.05) is 184 Å². The molecule has 2 aromatic carbocycles. The van der Waals surface area contributed by atoms with Crippen LogP contribution in [0.2, 0.25) is 0 Å². The zero-order valence-corrected chi connectivity index (χ0v) is 58.3. The molecule has 0 aliphatic rings. The second-order valence-corrected chi connectivity index (χ2v) is 26.6. The number of nitrogens with zero attached hydrogens (tertiary/aromatic N) is 4. The van der Waals surface area contributed by atoms with Gasteiger partial charge in [0, 0.05) is 48.9 Å². The molecule has 0 aromatic heterocycles. The van der Waals surface area contributed by atoms with Gasteiger partial charge in [0.1, 0.15) is 11.5 Å². The molecule has 0 amide bonds. The molecule has 0 heterocycles. The summed E-state index contributed by atoms with van der Waals surface area (Å²) in [6.07, 6.45) is 36.1. The number of hydrogen-bond acceptors (Lipinski definition) is 2. The smallest absolute Gasteiger partial charge is 0.122 e. The van der Waals surface area contributed by atoms with Crippen molar-refractivity contribution in [3.8, 4) is 11.5 Å². The van der Waals surface area contributed by atoms with E-state index < -0.39 is 0 Å². The van der Waals surface area contributed by atoms with Crippen LogP contribution < -0.4 is 0 Å². The van der Waals surface area contributed by atoms with Gasteiger partial charge in [-0.3, -0.25) is 0 Å². The van der Waals surface area contributed by atoms with E-state index >= 15 is 0 Å². The summed E-state index contributed by atoms with van der Waals surface area (Å²) in [6.45, 7) is 53.5. The Bertz CT molecular complexity index is 1540. The average Bonchev–Trinajstić information content (AvgIpc) is 3.46. The maximum Gasteiger partial charge on any atom is 0.122 e. The molecule has 0 saturated heterocycles. The first kappa shape index (κ1) is 79.4. The molecular formula is C74H143CoN4O2+3. The van der Waals surface area contributed by atoms with Crippen molar-refractivity contribution >= 4 is 0 Å². The second kappa shape index (κ2) is 45.7. The van der Waals surface area contributed by atoms with Gasteiger partial charge in [-0.2, -0.15) is 0 Å². The van der Waals surface area contributed by atoms with Crippen molar-refractivity contribution < 1.29 is 44.9 Å². The molecular weight excluding hydrogens is 1040 g/mol. The molecule has 2 aromatic rings. The van der Waals surface area contributed by atoms with E-state index in [0.717, 1.165) is 22.3 Å². The first-order valence-corrected chi connectivity index (χ1v) is 35.2. The fourth-order valence-corrected chi connectivity index (χ4v) is 14.0. The minimum Gasteiger partial charge on any atom is -0.507 e. The molecule has 0 aliphatic carbocycles. The van der Waals surface area contributed by atoms with Crippen LogP contribution >= 0.6 is 0 Å². The number of phenols is 2. The van der Waals surface area contributed by atoms with E-state index in [4.69, 9.17) is 0 Å². The van der Waals surface area contributed by atoms with Gasteiger partial charge in [-0.15, -0.1) is 0 Å². The van der Waals surface area contributed by atoms with Crippen molar-refractivity contribution in [1.82, 2.24) is 0 Å². The molecule has 0 spiro atoms. The molecule has 7 heteroatoms. The summed E-state index contributed by atoms with van der Waals surface area (Å²) < 4.78 is 5.07. The molecule has 0 saturated carbocycles. The van der Waals surface area contributed by atoms with E-state index in [1.165, 1.54) is 314 Å².